The maximum atomic E-state index is 14.5. The molecule has 0 unspecified atom stereocenters. The van der Waals surface area contributed by atoms with E-state index >= 15 is 0 Å². The summed E-state index contributed by atoms with van der Waals surface area (Å²) in [5.41, 5.74) is 0.692. The Morgan fingerprint density at radius 3 is 2.58 bits per heavy atom. The third kappa shape index (κ3) is 2.40. The smallest absolute Gasteiger partial charge is 0.296 e. The van der Waals surface area contributed by atoms with E-state index in [2.05, 4.69) is 4.98 Å². The summed E-state index contributed by atoms with van der Waals surface area (Å²) in [6.45, 7) is 1.24. The molecular weight excluding hydrogens is 355 g/mol. The Balaban J connectivity index is 1.93. The molecule has 3 aromatic rings. The minimum atomic E-state index is -1.05. The Bertz CT molecular complexity index is 1060. The Morgan fingerprint density at radius 1 is 1.19 bits per heavy atom. The molecule has 1 N–H and O–H groups in total. The van der Waals surface area contributed by atoms with E-state index in [0.717, 1.165) is 4.70 Å². The van der Waals surface area contributed by atoms with Gasteiger partial charge in [-0.15, -0.1) is 0 Å². The summed E-state index contributed by atoms with van der Waals surface area (Å²) in [7, 11) is 0. The second-order valence-electron chi connectivity index (χ2n) is 5.88. The van der Waals surface area contributed by atoms with Gasteiger partial charge in [0.25, 0.3) is 5.91 Å². The fourth-order valence-corrected chi connectivity index (χ4v) is 4.11. The number of nitrogens with zero attached hydrogens (tertiary/aromatic N) is 2. The quantitative estimate of drug-likeness (QED) is 0.761. The molecule has 2 aromatic carbocycles. The SMILES string of the molecule is CC(=O)C1=C(O)C(=O)N(c2nc3ccccc3s2)[C@H]1c1ccccc1F. The van der Waals surface area contributed by atoms with Crippen LogP contribution in [0, 0.1) is 5.82 Å². The second kappa shape index (κ2) is 6.03. The molecule has 1 aromatic heterocycles. The maximum absolute atomic E-state index is 14.5. The Morgan fingerprint density at radius 2 is 1.88 bits per heavy atom. The molecule has 130 valence electrons. The predicted octanol–water partition coefficient (Wildman–Crippen LogP) is 3.92. The van der Waals surface area contributed by atoms with Gasteiger partial charge in [-0.1, -0.05) is 41.7 Å². The van der Waals surface area contributed by atoms with E-state index in [4.69, 9.17) is 0 Å². The average molecular weight is 368 g/mol. The molecule has 0 radical (unpaired) electrons. The molecule has 0 saturated heterocycles. The highest BCUT2D eigenvalue weighted by Gasteiger charge is 2.45. The predicted molar refractivity (Wildman–Crippen MR) is 96.6 cm³/mol. The number of carbonyl (C=O) groups excluding carboxylic acids is 2. The Kier molecular flexibility index (Phi) is 3.81. The van der Waals surface area contributed by atoms with Crippen LogP contribution in [0.3, 0.4) is 0 Å². The van der Waals surface area contributed by atoms with Gasteiger partial charge in [-0.2, -0.15) is 0 Å². The number of carbonyl (C=O) groups is 2. The van der Waals surface area contributed by atoms with Crippen molar-refractivity contribution in [3.8, 4) is 0 Å². The highest BCUT2D eigenvalue weighted by Crippen LogP contribution is 2.43. The average Bonchev–Trinajstić information content (AvgIpc) is 3.14. The van der Waals surface area contributed by atoms with Crippen LogP contribution in [0.1, 0.15) is 18.5 Å². The van der Waals surface area contributed by atoms with Gasteiger partial charge in [-0.3, -0.25) is 14.5 Å². The number of halogens is 1. The summed E-state index contributed by atoms with van der Waals surface area (Å²) in [4.78, 5) is 30.4. The van der Waals surface area contributed by atoms with Gasteiger partial charge in [-0.25, -0.2) is 9.37 Å². The summed E-state index contributed by atoms with van der Waals surface area (Å²) in [6.07, 6.45) is 0. The van der Waals surface area contributed by atoms with Crippen molar-refractivity contribution in [2.24, 2.45) is 0 Å². The van der Waals surface area contributed by atoms with Gasteiger partial charge in [-0.05, 0) is 25.1 Å². The molecule has 0 fully saturated rings. The van der Waals surface area contributed by atoms with Crippen LogP contribution in [-0.2, 0) is 9.59 Å². The first kappa shape index (κ1) is 16.4. The topological polar surface area (TPSA) is 70.5 Å². The molecule has 4 rings (SSSR count). The minimum absolute atomic E-state index is 0.126. The van der Waals surface area contributed by atoms with Crippen LogP contribution in [0.15, 0.2) is 59.9 Å². The molecule has 1 amide bonds. The van der Waals surface area contributed by atoms with Crippen LogP contribution in [0.25, 0.3) is 10.2 Å². The van der Waals surface area contributed by atoms with E-state index in [1.165, 1.54) is 41.4 Å². The van der Waals surface area contributed by atoms with Crippen molar-refractivity contribution >= 4 is 38.4 Å². The monoisotopic (exact) mass is 368 g/mol. The molecule has 0 saturated carbocycles. The highest BCUT2D eigenvalue weighted by molar-refractivity contribution is 7.22. The summed E-state index contributed by atoms with van der Waals surface area (Å²) in [6, 6.07) is 12.2. The van der Waals surface area contributed by atoms with Crippen LogP contribution < -0.4 is 4.90 Å². The van der Waals surface area contributed by atoms with Crippen molar-refractivity contribution in [2.45, 2.75) is 13.0 Å². The number of rotatable bonds is 3. The lowest BCUT2D eigenvalue weighted by molar-refractivity contribution is -0.117. The van der Waals surface area contributed by atoms with Crippen molar-refractivity contribution in [2.75, 3.05) is 4.90 Å². The highest BCUT2D eigenvalue weighted by atomic mass is 32.1. The number of aliphatic hydroxyl groups excluding tert-OH is 1. The van der Waals surface area contributed by atoms with Crippen molar-refractivity contribution in [1.82, 2.24) is 4.98 Å². The standard InChI is InChI=1S/C19H13FN2O3S/c1-10(23)15-16(11-6-2-3-7-12(11)20)22(18(25)17(15)24)19-21-13-8-4-5-9-14(13)26-19/h2-9,16,24H,1H3/t16-/m0/s1. The first-order valence-electron chi connectivity index (χ1n) is 7.86. The number of hydrogen-bond acceptors (Lipinski definition) is 5. The number of hydrogen-bond donors (Lipinski definition) is 1. The van der Waals surface area contributed by atoms with Crippen LogP contribution in [-0.4, -0.2) is 21.8 Å². The Hall–Kier alpha value is -3.06. The normalized spacial score (nSPS) is 17.4. The van der Waals surface area contributed by atoms with E-state index in [9.17, 15) is 19.1 Å². The molecule has 7 heteroatoms. The number of aliphatic hydroxyl groups is 1. The van der Waals surface area contributed by atoms with Gasteiger partial charge in [0.2, 0.25) is 0 Å². The van der Waals surface area contributed by atoms with Crippen LogP contribution in [0.5, 0.6) is 0 Å². The molecule has 0 spiro atoms. The van der Waals surface area contributed by atoms with Gasteiger partial charge in [0.15, 0.2) is 16.7 Å². The number of benzene rings is 2. The van der Waals surface area contributed by atoms with Crippen LogP contribution in [0.2, 0.25) is 0 Å². The summed E-state index contributed by atoms with van der Waals surface area (Å²) < 4.78 is 15.3. The molecule has 0 aliphatic carbocycles. The number of amides is 1. The minimum Gasteiger partial charge on any atom is -0.503 e. The fourth-order valence-electron chi connectivity index (χ4n) is 3.12. The van der Waals surface area contributed by atoms with Crippen molar-refractivity contribution in [3.05, 3.63) is 71.2 Å². The molecule has 0 bridgehead atoms. The molecule has 2 heterocycles. The molecule has 1 aliphatic rings. The lowest BCUT2D eigenvalue weighted by Gasteiger charge is -2.24. The molecule has 5 nitrogen and oxygen atoms in total. The van der Waals surface area contributed by atoms with Crippen LogP contribution in [0.4, 0.5) is 9.52 Å². The number of ketones is 1. The zero-order valence-corrected chi connectivity index (χ0v) is 14.5. The number of fused-ring (bicyclic) bond motifs is 1. The summed E-state index contributed by atoms with van der Waals surface area (Å²) >= 11 is 1.24. The van der Waals surface area contributed by atoms with Crippen molar-refractivity contribution in [1.29, 1.82) is 0 Å². The van der Waals surface area contributed by atoms with Gasteiger partial charge < -0.3 is 5.11 Å². The molecule has 26 heavy (non-hydrogen) atoms. The van der Waals surface area contributed by atoms with Gasteiger partial charge in [0, 0.05) is 5.56 Å². The van der Waals surface area contributed by atoms with E-state index in [1.54, 1.807) is 12.1 Å². The second-order valence-corrected chi connectivity index (χ2v) is 6.89. The third-order valence-corrected chi connectivity index (χ3v) is 5.31. The fraction of sp³-hybridized carbons (Fsp3) is 0.105. The number of anilines is 1. The van der Waals surface area contributed by atoms with E-state index in [0.29, 0.717) is 10.6 Å². The first-order valence-corrected chi connectivity index (χ1v) is 8.68. The van der Waals surface area contributed by atoms with E-state index in [1.807, 2.05) is 18.2 Å². The molecule has 1 atom stereocenters. The van der Waals surface area contributed by atoms with Gasteiger partial charge in [0.05, 0.1) is 15.8 Å². The summed E-state index contributed by atoms with van der Waals surface area (Å²) in [5, 5.41) is 10.6. The summed E-state index contributed by atoms with van der Waals surface area (Å²) in [5.74, 6) is -2.48. The van der Waals surface area contributed by atoms with Crippen LogP contribution >= 0.6 is 11.3 Å². The van der Waals surface area contributed by atoms with E-state index in [-0.39, 0.29) is 11.1 Å². The number of Topliss-reactive ketones (excluding diaryl/α,β-unsaturated/α-hetero) is 1. The lowest BCUT2D eigenvalue weighted by Crippen LogP contribution is -2.31. The molecular formula is C19H13FN2O3S. The van der Waals surface area contributed by atoms with Gasteiger partial charge >= 0.3 is 0 Å². The van der Waals surface area contributed by atoms with Crippen molar-refractivity contribution < 1.29 is 19.1 Å². The van der Waals surface area contributed by atoms with Crippen molar-refractivity contribution in [3.63, 3.8) is 0 Å². The largest absolute Gasteiger partial charge is 0.503 e. The van der Waals surface area contributed by atoms with E-state index < -0.39 is 29.3 Å². The van der Waals surface area contributed by atoms with Gasteiger partial charge in [0.1, 0.15) is 11.9 Å². The number of thiazole rings is 1. The maximum Gasteiger partial charge on any atom is 0.296 e. The zero-order chi connectivity index (χ0) is 18.4. The first-order chi connectivity index (χ1) is 12.5. The number of para-hydroxylation sites is 1. The zero-order valence-electron chi connectivity index (χ0n) is 13.6. The molecule has 1 aliphatic heterocycles. The lowest BCUT2D eigenvalue weighted by atomic mass is 9.96. The number of aromatic nitrogens is 1. The Labute approximate surface area is 152 Å². The third-order valence-electron chi connectivity index (χ3n) is 4.28.